The molecule has 120 valence electrons. The summed E-state index contributed by atoms with van der Waals surface area (Å²) in [7, 11) is 1.44. The van der Waals surface area contributed by atoms with E-state index in [9.17, 15) is 9.59 Å². The molecule has 1 aromatic rings. The lowest BCUT2D eigenvalue weighted by Gasteiger charge is -2.26. The number of nitrogen functional groups attached to an aromatic ring is 1. The van der Waals surface area contributed by atoms with Gasteiger partial charge in [-0.05, 0) is 25.3 Å². The monoisotopic (exact) mass is 325 g/mol. The van der Waals surface area contributed by atoms with Gasteiger partial charge in [-0.2, -0.15) is 0 Å². The Morgan fingerprint density at radius 1 is 1.32 bits per heavy atom. The van der Waals surface area contributed by atoms with Gasteiger partial charge in [0.1, 0.15) is 5.75 Å². The molecule has 2 rings (SSSR count). The van der Waals surface area contributed by atoms with Gasteiger partial charge >= 0.3 is 0 Å². The fraction of sp³-hybridized carbons (Fsp3) is 0.467. The molecule has 0 unspecified atom stereocenters. The van der Waals surface area contributed by atoms with Gasteiger partial charge in [0.25, 0.3) is 5.91 Å². The number of carbonyl (C=O) groups excluding carboxylic acids is 2. The van der Waals surface area contributed by atoms with Gasteiger partial charge in [-0.1, -0.05) is 11.6 Å². The van der Waals surface area contributed by atoms with Crippen LogP contribution in [0.25, 0.3) is 0 Å². The molecule has 0 atom stereocenters. The van der Waals surface area contributed by atoms with Crippen molar-refractivity contribution in [2.75, 3.05) is 32.5 Å². The minimum Gasteiger partial charge on any atom is -0.496 e. The van der Waals surface area contributed by atoms with Crippen molar-refractivity contribution >= 4 is 29.1 Å². The van der Waals surface area contributed by atoms with E-state index in [0.29, 0.717) is 11.4 Å². The molecular formula is C15H20ClN3O3. The third-order valence-corrected chi connectivity index (χ3v) is 4.00. The quantitative estimate of drug-likeness (QED) is 0.825. The summed E-state index contributed by atoms with van der Waals surface area (Å²) in [6, 6.07) is 2.93. The molecule has 0 aliphatic carbocycles. The van der Waals surface area contributed by atoms with E-state index in [1.165, 1.54) is 19.2 Å². The van der Waals surface area contributed by atoms with Crippen molar-refractivity contribution in [3.63, 3.8) is 0 Å². The molecule has 1 fully saturated rings. The van der Waals surface area contributed by atoms with Crippen molar-refractivity contribution in [3.05, 3.63) is 22.7 Å². The Labute approximate surface area is 134 Å². The molecule has 3 N–H and O–H groups in total. The zero-order valence-corrected chi connectivity index (χ0v) is 13.3. The first-order chi connectivity index (χ1) is 10.5. The lowest BCUT2D eigenvalue weighted by atomic mass is 10.1. The van der Waals surface area contributed by atoms with E-state index in [-0.39, 0.29) is 23.0 Å². The summed E-state index contributed by atoms with van der Waals surface area (Å²) in [5.41, 5.74) is 6.27. The Morgan fingerprint density at radius 2 is 2.00 bits per heavy atom. The second-order valence-corrected chi connectivity index (χ2v) is 5.61. The topological polar surface area (TPSA) is 84.7 Å². The van der Waals surface area contributed by atoms with Crippen LogP contribution in [-0.4, -0.2) is 43.5 Å². The molecule has 6 nitrogen and oxygen atoms in total. The number of likely N-dealkylation sites (tertiary alicyclic amines) is 1. The maximum absolute atomic E-state index is 12.2. The molecule has 2 amide bonds. The number of hydrogen-bond donors (Lipinski definition) is 2. The van der Waals surface area contributed by atoms with Crippen LogP contribution >= 0.6 is 11.6 Å². The number of hydrogen-bond acceptors (Lipinski definition) is 4. The number of nitrogens with two attached hydrogens (primary N) is 1. The molecule has 0 bridgehead atoms. The van der Waals surface area contributed by atoms with Crippen LogP contribution in [-0.2, 0) is 4.79 Å². The van der Waals surface area contributed by atoms with Gasteiger partial charge < -0.3 is 20.7 Å². The van der Waals surface area contributed by atoms with Crippen LogP contribution in [0.3, 0.4) is 0 Å². The molecule has 1 aliphatic heterocycles. The average molecular weight is 326 g/mol. The summed E-state index contributed by atoms with van der Waals surface area (Å²) >= 11 is 5.94. The second-order valence-electron chi connectivity index (χ2n) is 5.20. The Kier molecular flexibility index (Phi) is 5.49. The molecule has 1 heterocycles. The minimum atomic E-state index is -0.413. The lowest BCUT2D eigenvalue weighted by molar-refractivity contribution is -0.130. The first-order valence-corrected chi connectivity index (χ1v) is 7.59. The van der Waals surface area contributed by atoms with Crippen molar-refractivity contribution < 1.29 is 14.3 Å². The van der Waals surface area contributed by atoms with E-state index in [4.69, 9.17) is 22.1 Å². The van der Waals surface area contributed by atoms with Crippen molar-refractivity contribution in [2.45, 2.75) is 19.3 Å². The summed E-state index contributed by atoms with van der Waals surface area (Å²) in [6.07, 6.45) is 3.18. The van der Waals surface area contributed by atoms with Crippen LogP contribution in [0.15, 0.2) is 12.1 Å². The number of nitrogens with one attached hydrogen (secondary N) is 1. The van der Waals surface area contributed by atoms with E-state index in [0.717, 1.165) is 32.4 Å². The number of amides is 2. The maximum Gasteiger partial charge on any atom is 0.255 e. The summed E-state index contributed by atoms with van der Waals surface area (Å²) in [5.74, 6) is -0.164. The number of anilines is 1. The van der Waals surface area contributed by atoms with E-state index < -0.39 is 5.91 Å². The van der Waals surface area contributed by atoms with E-state index in [1.807, 2.05) is 0 Å². The van der Waals surface area contributed by atoms with Crippen LogP contribution in [0.4, 0.5) is 5.69 Å². The van der Waals surface area contributed by atoms with Crippen LogP contribution in [0, 0.1) is 0 Å². The van der Waals surface area contributed by atoms with Gasteiger partial charge in [0.15, 0.2) is 0 Å². The number of ether oxygens (including phenoxy) is 1. The van der Waals surface area contributed by atoms with Gasteiger partial charge in [-0.3, -0.25) is 9.59 Å². The van der Waals surface area contributed by atoms with Crippen molar-refractivity contribution in [3.8, 4) is 5.75 Å². The third kappa shape index (κ3) is 3.82. The molecule has 1 aliphatic rings. The summed E-state index contributed by atoms with van der Waals surface area (Å²) in [6.45, 7) is 1.47. The summed E-state index contributed by atoms with van der Waals surface area (Å²) < 4.78 is 5.13. The number of carbonyl (C=O) groups is 2. The molecule has 0 radical (unpaired) electrons. The highest BCUT2D eigenvalue weighted by atomic mass is 35.5. The van der Waals surface area contributed by atoms with Gasteiger partial charge in [0.2, 0.25) is 5.91 Å². The van der Waals surface area contributed by atoms with Crippen molar-refractivity contribution in [1.82, 2.24) is 10.2 Å². The number of piperidine rings is 1. The predicted molar refractivity (Wildman–Crippen MR) is 85.2 cm³/mol. The molecule has 0 aromatic heterocycles. The summed E-state index contributed by atoms with van der Waals surface area (Å²) in [5, 5.41) is 2.88. The number of nitrogens with zero attached hydrogens (tertiary/aromatic N) is 1. The van der Waals surface area contributed by atoms with E-state index in [2.05, 4.69) is 5.32 Å². The molecule has 22 heavy (non-hydrogen) atoms. The van der Waals surface area contributed by atoms with E-state index >= 15 is 0 Å². The SMILES string of the molecule is COc1cc(N)c(Cl)cc1C(=O)NCC(=O)N1CCCCC1. The smallest absolute Gasteiger partial charge is 0.255 e. The first-order valence-electron chi connectivity index (χ1n) is 7.22. The number of halogens is 1. The molecule has 1 aromatic carbocycles. The van der Waals surface area contributed by atoms with Gasteiger partial charge in [0.05, 0.1) is 29.9 Å². The molecule has 1 saturated heterocycles. The number of rotatable bonds is 4. The lowest BCUT2D eigenvalue weighted by Crippen LogP contribution is -2.42. The largest absolute Gasteiger partial charge is 0.496 e. The van der Waals surface area contributed by atoms with E-state index in [1.54, 1.807) is 4.90 Å². The molecule has 0 saturated carbocycles. The highest BCUT2D eigenvalue weighted by Crippen LogP contribution is 2.28. The molecule has 7 heteroatoms. The fourth-order valence-electron chi connectivity index (χ4n) is 2.42. The van der Waals surface area contributed by atoms with Gasteiger partial charge in [-0.25, -0.2) is 0 Å². The number of methoxy groups -OCH3 is 1. The summed E-state index contributed by atoms with van der Waals surface area (Å²) in [4.78, 5) is 26.0. The Balaban J connectivity index is 2.00. The van der Waals surface area contributed by atoms with Crippen LogP contribution < -0.4 is 15.8 Å². The van der Waals surface area contributed by atoms with Gasteiger partial charge in [-0.15, -0.1) is 0 Å². The zero-order valence-electron chi connectivity index (χ0n) is 12.5. The normalized spacial score (nSPS) is 14.5. The fourth-order valence-corrected chi connectivity index (χ4v) is 2.59. The second kappa shape index (κ2) is 7.35. The molecule has 0 spiro atoms. The number of benzene rings is 1. The van der Waals surface area contributed by atoms with Crippen LogP contribution in [0.2, 0.25) is 5.02 Å². The Morgan fingerprint density at radius 3 is 2.64 bits per heavy atom. The Hall–Kier alpha value is -1.95. The standard InChI is InChI=1S/C15H20ClN3O3/c1-22-13-8-12(17)11(16)7-10(13)15(21)18-9-14(20)19-5-3-2-4-6-19/h7-8H,2-6,9,17H2,1H3,(H,18,21). The van der Waals surface area contributed by atoms with Crippen LogP contribution in [0.1, 0.15) is 29.6 Å². The highest BCUT2D eigenvalue weighted by Gasteiger charge is 2.19. The highest BCUT2D eigenvalue weighted by molar-refractivity contribution is 6.33. The molecular weight excluding hydrogens is 306 g/mol. The zero-order chi connectivity index (χ0) is 16.1. The van der Waals surface area contributed by atoms with Gasteiger partial charge in [0, 0.05) is 19.2 Å². The maximum atomic E-state index is 12.2. The first kappa shape index (κ1) is 16.4. The van der Waals surface area contributed by atoms with Crippen molar-refractivity contribution in [1.29, 1.82) is 0 Å². The van der Waals surface area contributed by atoms with Crippen LogP contribution in [0.5, 0.6) is 5.75 Å². The Bertz CT molecular complexity index is 571. The predicted octanol–water partition coefficient (Wildman–Crippen LogP) is 1.67. The van der Waals surface area contributed by atoms with Crippen molar-refractivity contribution in [2.24, 2.45) is 0 Å². The average Bonchev–Trinajstić information content (AvgIpc) is 2.55. The third-order valence-electron chi connectivity index (χ3n) is 3.67. The minimum absolute atomic E-state index is 0.0377.